The second kappa shape index (κ2) is 7.84. The smallest absolute Gasteiger partial charge is 0.129 e. The molecule has 3 nitrogen and oxygen atoms in total. The Morgan fingerprint density at radius 2 is 2.15 bits per heavy atom. The number of rotatable bonds is 9. The van der Waals surface area contributed by atoms with Gasteiger partial charge in [0.2, 0.25) is 0 Å². The zero-order valence-electron chi connectivity index (χ0n) is 12.7. The molecule has 0 bridgehead atoms. The third-order valence-electron chi connectivity index (χ3n) is 3.70. The molecule has 1 saturated carbocycles. The molecule has 1 heterocycles. The predicted molar refractivity (Wildman–Crippen MR) is 86.5 cm³/mol. The molecule has 0 aromatic carbocycles. The normalized spacial score (nSPS) is 14.6. The fourth-order valence-electron chi connectivity index (χ4n) is 2.36. The number of pyridine rings is 1. The molecule has 0 atom stereocenters. The Morgan fingerprint density at radius 3 is 2.80 bits per heavy atom. The predicted octanol–water partition coefficient (Wildman–Crippen LogP) is 4.00. The standard InChI is InChI=1S/C16H26ClN3/c1-3-5-9-20(14-6-7-14)16-10-13(11-18-8-4-2)15(17)12-19-16/h10,12,14,18H,3-9,11H2,1-2H3. The first-order chi connectivity index (χ1) is 9.76. The van der Waals surface area contributed by atoms with Crippen molar-refractivity contribution < 1.29 is 0 Å². The van der Waals surface area contributed by atoms with Crippen LogP contribution in [0.15, 0.2) is 12.3 Å². The van der Waals surface area contributed by atoms with Crippen LogP contribution < -0.4 is 10.2 Å². The summed E-state index contributed by atoms with van der Waals surface area (Å²) in [5, 5.41) is 4.18. The number of aromatic nitrogens is 1. The molecule has 1 aliphatic rings. The van der Waals surface area contributed by atoms with E-state index in [0.717, 1.165) is 42.5 Å². The summed E-state index contributed by atoms with van der Waals surface area (Å²) < 4.78 is 0. The van der Waals surface area contributed by atoms with E-state index in [1.54, 1.807) is 6.20 Å². The Kier molecular flexibility index (Phi) is 6.11. The van der Waals surface area contributed by atoms with Crippen molar-refractivity contribution in [3.05, 3.63) is 22.8 Å². The summed E-state index contributed by atoms with van der Waals surface area (Å²) in [5.74, 6) is 1.10. The van der Waals surface area contributed by atoms with Crippen molar-refractivity contribution in [1.82, 2.24) is 10.3 Å². The fourth-order valence-corrected chi connectivity index (χ4v) is 2.53. The number of unbranched alkanes of at least 4 members (excludes halogenated alkanes) is 1. The highest BCUT2D eigenvalue weighted by molar-refractivity contribution is 6.31. The van der Waals surface area contributed by atoms with Crippen LogP contribution in [0.2, 0.25) is 5.02 Å². The van der Waals surface area contributed by atoms with Gasteiger partial charge in [-0.25, -0.2) is 4.98 Å². The van der Waals surface area contributed by atoms with Crippen molar-refractivity contribution in [2.24, 2.45) is 0 Å². The molecule has 1 fully saturated rings. The van der Waals surface area contributed by atoms with E-state index in [0.29, 0.717) is 6.04 Å². The lowest BCUT2D eigenvalue weighted by atomic mass is 10.2. The monoisotopic (exact) mass is 295 g/mol. The molecule has 1 aromatic heterocycles. The number of nitrogens with zero attached hydrogens (tertiary/aromatic N) is 2. The van der Waals surface area contributed by atoms with Gasteiger partial charge in [-0.3, -0.25) is 0 Å². The Bertz CT molecular complexity index is 418. The molecule has 4 heteroatoms. The highest BCUT2D eigenvalue weighted by atomic mass is 35.5. The number of halogens is 1. The van der Waals surface area contributed by atoms with Crippen molar-refractivity contribution in [2.45, 2.75) is 58.5 Å². The second-order valence-corrected chi connectivity index (χ2v) is 6.00. The molecule has 1 aliphatic carbocycles. The van der Waals surface area contributed by atoms with E-state index in [2.05, 4.69) is 35.1 Å². The molecule has 0 radical (unpaired) electrons. The van der Waals surface area contributed by atoms with Crippen molar-refractivity contribution in [2.75, 3.05) is 18.0 Å². The average Bonchev–Trinajstić information content (AvgIpc) is 3.27. The molecule has 0 amide bonds. The van der Waals surface area contributed by atoms with Gasteiger partial charge in [0.1, 0.15) is 5.82 Å². The van der Waals surface area contributed by atoms with Crippen molar-refractivity contribution in [1.29, 1.82) is 0 Å². The molecule has 0 unspecified atom stereocenters. The Balaban J connectivity index is 2.07. The Hall–Kier alpha value is -0.800. The van der Waals surface area contributed by atoms with E-state index in [4.69, 9.17) is 11.6 Å². The summed E-state index contributed by atoms with van der Waals surface area (Å²) >= 11 is 6.26. The van der Waals surface area contributed by atoms with Crippen LogP contribution in [0, 0.1) is 0 Å². The Labute approximate surface area is 127 Å². The highest BCUT2D eigenvalue weighted by Gasteiger charge is 2.29. The van der Waals surface area contributed by atoms with Crippen LogP contribution >= 0.6 is 11.6 Å². The largest absolute Gasteiger partial charge is 0.354 e. The number of hydrogen-bond donors (Lipinski definition) is 1. The topological polar surface area (TPSA) is 28.2 Å². The molecule has 1 aromatic rings. The van der Waals surface area contributed by atoms with Crippen LogP contribution in [0.25, 0.3) is 0 Å². The van der Waals surface area contributed by atoms with Gasteiger partial charge in [0.15, 0.2) is 0 Å². The van der Waals surface area contributed by atoms with Gasteiger partial charge >= 0.3 is 0 Å². The molecule has 112 valence electrons. The molecule has 0 aliphatic heterocycles. The van der Waals surface area contributed by atoms with E-state index >= 15 is 0 Å². The second-order valence-electron chi connectivity index (χ2n) is 5.59. The molecule has 0 saturated heterocycles. The quantitative estimate of drug-likeness (QED) is 0.698. The zero-order valence-corrected chi connectivity index (χ0v) is 13.4. The van der Waals surface area contributed by atoms with E-state index in [1.165, 1.54) is 25.7 Å². The molecule has 2 rings (SSSR count). The Morgan fingerprint density at radius 1 is 1.35 bits per heavy atom. The first-order valence-electron chi connectivity index (χ1n) is 7.88. The van der Waals surface area contributed by atoms with Crippen LogP contribution in [0.3, 0.4) is 0 Å². The lowest BCUT2D eigenvalue weighted by Gasteiger charge is -2.24. The van der Waals surface area contributed by atoms with Gasteiger partial charge in [-0.2, -0.15) is 0 Å². The number of hydrogen-bond acceptors (Lipinski definition) is 3. The maximum Gasteiger partial charge on any atom is 0.129 e. The molecule has 0 spiro atoms. The van der Waals surface area contributed by atoms with Crippen molar-refractivity contribution in [3.8, 4) is 0 Å². The zero-order chi connectivity index (χ0) is 14.4. The minimum atomic E-state index is 0.701. The van der Waals surface area contributed by atoms with Crippen molar-refractivity contribution in [3.63, 3.8) is 0 Å². The van der Waals surface area contributed by atoms with Gasteiger partial charge in [0, 0.05) is 25.3 Å². The minimum absolute atomic E-state index is 0.701. The van der Waals surface area contributed by atoms with Crippen LogP contribution in [0.1, 0.15) is 51.5 Å². The summed E-state index contributed by atoms with van der Waals surface area (Å²) in [4.78, 5) is 7.01. The third-order valence-corrected chi connectivity index (χ3v) is 4.04. The first kappa shape index (κ1) is 15.6. The van der Waals surface area contributed by atoms with Crippen LogP contribution in [0.5, 0.6) is 0 Å². The van der Waals surface area contributed by atoms with Gasteiger partial charge in [-0.1, -0.05) is 31.9 Å². The van der Waals surface area contributed by atoms with Crippen molar-refractivity contribution >= 4 is 17.4 Å². The van der Waals surface area contributed by atoms with E-state index in [1.807, 2.05) is 0 Å². The first-order valence-corrected chi connectivity index (χ1v) is 8.25. The number of nitrogens with one attached hydrogen (secondary N) is 1. The highest BCUT2D eigenvalue weighted by Crippen LogP contribution is 2.32. The van der Waals surface area contributed by atoms with E-state index in [9.17, 15) is 0 Å². The summed E-state index contributed by atoms with van der Waals surface area (Å²) in [5.41, 5.74) is 1.16. The average molecular weight is 296 g/mol. The summed E-state index contributed by atoms with van der Waals surface area (Å²) in [6.07, 6.45) is 8.00. The SMILES string of the molecule is CCCCN(c1cc(CNCCC)c(Cl)cn1)C1CC1. The number of anilines is 1. The fraction of sp³-hybridized carbons (Fsp3) is 0.688. The van der Waals surface area contributed by atoms with E-state index < -0.39 is 0 Å². The van der Waals surface area contributed by atoms with Gasteiger partial charge in [0.25, 0.3) is 0 Å². The maximum absolute atomic E-state index is 6.26. The lowest BCUT2D eigenvalue weighted by Crippen LogP contribution is -2.28. The van der Waals surface area contributed by atoms with Gasteiger partial charge in [0.05, 0.1) is 5.02 Å². The summed E-state index contributed by atoms with van der Waals surface area (Å²) in [7, 11) is 0. The molecule has 20 heavy (non-hydrogen) atoms. The van der Waals surface area contributed by atoms with Gasteiger partial charge in [-0.15, -0.1) is 0 Å². The summed E-state index contributed by atoms with van der Waals surface area (Å²) in [6.45, 7) is 7.37. The molecular formula is C16H26ClN3. The maximum atomic E-state index is 6.26. The van der Waals surface area contributed by atoms with Crippen LogP contribution in [0.4, 0.5) is 5.82 Å². The van der Waals surface area contributed by atoms with Gasteiger partial charge in [-0.05, 0) is 43.9 Å². The third kappa shape index (κ3) is 4.35. The van der Waals surface area contributed by atoms with Crippen LogP contribution in [-0.2, 0) is 6.54 Å². The molecular weight excluding hydrogens is 270 g/mol. The van der Waals surface area contributed by atoms with Crippen LogP contribution in [-0.4, -0.2) is 24.1 Å². The lowest BCUT2D eigenvalue weighted by molar-refractivity contribution is 0.672. The minimum Gasteiger partial charge on any atom is -0.354 e. The van der Waals surface area contributed by atoms with E-state index in [-0.39, 0.29) is 0 Å². The van der Waals surface area contributed by atoms with Gasteiger partial charge < -0.3 is 10.2 Å². The molecule has 1 N–H and O–H groups in total. The summed E-state index contributed by atoms with van der Waals surface area (Å²) in [6, 6.07) is 2.87.